The van der Waals surface area contributed by atoms with Crippen molar-refractivity contribution in [3.8, 4) is 5.75 Å². The minimum absolute atomic E-state index is 0.00630. The van der Waals surface area contributed by atoms with Crippen LogP contribution in [0.15, 0.2) is 52.8 Å². The Kier molecular flexibility index (Phi) is 6.93. The highest BCUT2D eigenvalue weighted by Crippen LogP contribution is 2.38. The van der Waals surface area contributed by atoms with Gasteiger partial charge in [-0.3, -0.25) is 5.01 Å². The lowest BCUT2D eigenvalue weighted by molar-refractivity contribution is 0.173. The summed E-state index contributed by atoms with van der Waals surface area (Å²) in [6.45, 7) is 5.78. The predicted molar refractivity (Wildman–Crippen MR) is 123 cm³/mol. The molecule has 2 fully saturated rings. The van der Waals surface area contributed by atoms with E-state index in [0.717, 1.165) is 30.8 Å². The van der Waals surface area contributed by atoms with E-state index in [-0.39, 0.29) is 17.9 Å². The number of halogens is 1. The van der Waals surface area contributed by atoms with Crippen molar-refractivity contribution in [3.63, 3.8) is 0 Å². The van der Waals surface area contributed by atoms with Crippen molar-refractivity contribution >= 4 is 18.1 Å². The van der Waals surface area contributed by atoms with Crippen molar-refractivity contribution in [3.05, 3.63) is 54.1 Å². The molecule has 176 valence electrons. The van der Waals surface area contributed by atoms with E-state index >= 15 is 0 Å². The van der Waals surface area contributed by atoms with Crippen LogP contribution in [0, 0.1) is 5.82 Å². The molecule has 10 heteroatoms. The summed E-state index contributed by atoms with van der Waals surface area (Å²) in [5.41, 5.74) is 1.17. The molecule has 0 bridgehead atoms. The van der Waals surface area contributed by atoms with E-state index in [1.54, 1.807) is 23.1 Å². The fraction of sp³-hybridized carbons (Fsp3) is 0.435. The van der Waals surface area contributed by atoms with Gasteiger partial charge in [-0.25, -0.2) is 14.2 Å². The Bertz CT molecular complexity index is 994. The maximum Gasteiger partial charge on any atom is 0.321 e. The number of β-amino-alcohol motifs (C(OH)–C–C–N with tert-alkyl or cyclic N) is 1. The quantitative estimate of drug-likeness (QED) is 0.664. The number of aliphatic hydroxyl groups excluding tert-OH is 1. The van der Waals surface area contributed by atoms with Crippen molar-refractivity contribution in [1.29, 1.82) is 0 Å². The molecule has 0 unspecified atom stereocenters. The van der Waals surface area contributed by atoms with Crippen LogP contribution in [-0.4, -0.2) is 77.5 Å². The summed E-state index contributed by atoms with van der Waals surface area (Å²) < 4.78 is 19.4. The molecule has 2 atom stereocenters. The van der Waals surface area contributed by atoms with Crippen LogP contribution in [0.25, 0.3) is 0 Å². The van der Waals surface area contributed by atoms with Crippen LogP contribution in [0.1, 0.15) is 30.9 Å². The van der Waals surface area contributed by atoms with Crippen LogP contribution < -0.4 is 10.1 Å². The number of urea groups is 1. The number of allylic oxidation sites excluding steroid dienone is 1. The van der Waals surface area contributed by atoms with Gasteiger partial charge in [0.15, 0.2) is 0 Å². The number of ether oxygens (including phenoxy) is 1. The number of nitrogens with zero attached hydrogens (tertiary/aromatic N) is 5. The molecule has 3 aliphatic heterocycles. The van der Waals surface area contributed by atoms with Gasteiger partial charge in [-0.05, 0) is 43.5 Å². The molecular weight excluding hydrogens is 427 g/mol. The van der Waals surface area contributed by atoms with E-state index in [0.29, 0.717) is 37.6 Å². The van der Waals surface area contributed by atoms with Gasteiger partial charge in [-0.15, -0.1) is 0 Å². The van der Waals surface area contributed by atoms with Crippen LogP contribution in [0.2, 0.25) is 0 Å². The summed E-state index contributed by atoms with van der Waals surface area (Å²) in [4.78, 5) is 20.5. The summed E-state index contributed by atoms with van der Waals surface area (Å²) in [6.07, 6.45) is 7.12. The zero-order valence-electron chi connectivity index (χ0n) is 18.7. The second-order valence-electron chi connectivity index (χ2n) is 8.24. The lowest BCUT2D eigenvalue weighted by Gasteiger charge is -2.30. The lowest BCUT2D eigenvalue weighted by atomic mass is 10.0. The second-order valence-corrected chi connectivity index (χ2v) is 8.24. The molecule has 2 N–H and O–H groups in total. The Morgan fingerprint density at radius 2 is 2.24 bits per heavy atom. The number of benzene rings is 1. The van der Waals surface area contributed by atoms with Crippen molar-refractivity contribution in [2.75, 3.05) is 33.4 Å². The second kappa shape index (κ2) is 10.0. The average Bonchev–Trinajstić information content (AvgIpc) is 3.47. The fourth-order valence-electron chi connectivity index (χ4n) is 4.31. The zero-order chi connectivity index (χ0) is 23.4. The first-order valence-corrected chi connectivity index (χ1v) is 11.0. The topological polar surface area (TPSA) is 93.0 Å². The predicted octanol–water partition coefficient (Wildman–Crippen LogP) is 2.43. The molecule has 2 amide bonds. The molecule has 9 nitrogen and oxygen atoms in total. The summed E-state index contributed by atoms with van der Waals surface area (Å²) in [5.74, 6) is 1.20. The smallest absolute Gasteiger partial charge is 0.321 e. The van der Waals surface area contributed by atoms with Crippen LogP contribution in [-0.2, 0) is 0 Å². The van der Waals surface area contributed by atoms with E-state index in [9.17, 15) is 14.3 Å². The molecule has 4 rings (SSSR count). The Morgan fingerprint density at radius 1 is 1.39 bits per heavy atom. The number of nitrogens with one attached hydrogen (secondary N) is 1. The third-order valence-corrected chi connectivity index (χ3v) is 5.95. The first-order chi connectivity index (χ1) is 15.9. The SMILES string of the molecule is C=C(/C=N\N1C=CC(N2CCC[C@@H]2c2cc(F)ccc2OC)=NC1)NC(=O)N1CC[C@H](O)C1. The van der Waals surface area contributed by atoms with Crippen LogP contribution in [0.5, 0.6) is 5.75 Å². The van der Waals surface area contributed by atoms with Gasteiger partial charge in [-0.1, -0.05) is 6.58 Å². The van der Waals surface area contributed by atoms with Crippen LogP contribution >= 0.6 is 0 Å². The number of carbonyl (C=O) groups excluding carboxylic acids is 1. The third-order valence-electron chi connectivity index (χ3n) is 5.95. The van der Waals surface area contributed by atoms with E-state index < -0.39 is 6.10 Å². The molecule has 3 aliphatic rings. The van der Waals surface area contributed by atoms with Gasteiger partial charge in [0.2, 0.25) is 0 Å². The lowest BCUT2D eigenvalue weighted by Crippen LogP contribution is -2.38. The normalized spacial score (nSPS) is 22.8. The van der Waals surface area contributed by atoms with E-state index in [1.165, 1.54) is 18.3 Å². The van der Waals surface area contributed by atoms with Gasteiger partial charge in [0.1, 0.15) is 24.1 Å². The monoisotopic (exact) mass is 456 g/mol. The zero-order valence-corrected chi connectivity index (χ0v) is 18.7. The molecule has 3 heterocycles. The van der Waals surface area contributed by atoms with Crippen molar-refractivity contribution in [2.24, 2.45) is 10.1 Å². The van der Waals surface area contributed by atoms with Gasteiger partial charge in [0.25, 0.3) is 0 Å². The third kappa shape index (κ3) is 5.33. The maximum atomic E-state index is 13.9. The Hall–Kier alpha value is -3.40. The number of likely N-dealkylation sites (tertiary alicyclic amines) is 2. The Balaban J connectivity index is 1.34. The van der Waals surface area contributed by atoms with E-state index in [4.69, 9.17) is 4.74 Å². The largest absolute Gasteiger partial charge is 0.496 e. The number of rotatable bonds is 5. The first-order valence-electron chi connectivity index (χ1n) is 11.0. The molecule has 0 saturated carbocycles. The number of aliphatic imine (C=N–C) groups is 1. The number of carbonyl (C=O) groups is 1. The van der Waals surface area contributed by atoms with Gasteiger partial charge >= 0.3 is 6.03 Å². The highest BCUT2D eigenvalue weighted by atomic mass is 19.1. The summed E-state index contributed by atoms with van der Waals surface area (Å²) in [5, 5.41) is 18.2. The van der Waals surface area contributed by atoms with E-state index in [1.807, 2.05) is 12.3 Å². The highest BCUT2D eigenvalue weighted by molar-refractivity contribution is 5.94. The molecule has 2 saturated heterocycles. The highest BCUT2D eigenvalue weighted by Gasteiger charge is 2.31. The minimum Gasteiger partial charge on any atom is -0.496 e. The van der Waals surface area contributed by atoms with Crippen molar-refractivity contribution in [1.82, 2.24) is 20.1 Å². The van der Waals surface area contributed by atoms with Crippen LogP contribution in [0.4, 0.5) is 9.18 Å². The summed E-state index contributed by atoms with van der Waals surface area (Å²) in [7, 11) is 1.59. The number of aliphatic hydroxyl groups is 1. The fourth-order valence-corrected chi connectivity index (χ4v) is 4.31. The molecular formula is C23H29FN6O3. The van der Waals surface area contributed by atoms with Crippen LogP contribution in [0.3, 0.4) is 0 Å². The number of hydrogen-bond acceptors (Lipinski definition) is 7. The number of amides is 2. The first kappa shape index (κ1) is 22.8. The molecule has 0 spiro atoms. The summed E-state index contributed by atoms with van der Waals surface area (Å²) >= 11 is 0. The van der Waals surface area contributed by atoms with Gasteiger partial charge in [-0.2, -0.15) is 5.10 Å². The molecule has 33 heavy (non-hydrogen) atoms. The van der Waals surface area contributed by atoms with Gasteiger partial charge in [0, 0.05) is 31.4 Å². The molecule has 0 radical (unpaired) electrons. The number of hydrogen-bond donors (Lipinski definition) is 2. The maximum absolute atomic E-state index is 13.9. The van der Waals surface area contributed by atoms with E-state index in [2.05, 4.69) is 26.9 Å². The molecule has 0 aliphatic carbocycles. The van der Waals surface area contributed by atoms with Crippen molar-refractivity contribution in [2.45, 2.75) is 31.4 Å². The van der Waals surface area contributed by atoms with Gasteiger partial charge in [0.05, 0.1) is 31.2 Å². The number of hydrazone groups is 1. The Labute approximate surface area is 192 Å². The molecule has 1 aromatic carbocycles. The van der Waals surface area contributed by atoms with Gasteiger partial charge < -0.3 is 25.0 Å². The average molecular weight is 457 g/mol. The molecule has 1 aromatic rings. The molecule has 0 aromatic heterocycles. The number of methoxy groups -OCH3 is 1. The standard InChI is InChI=1S/C23H29FN6O3/c1-16(27-23(32)28-10-7-18(31)14-28)13-26-29-11-8-22(25-15-29)30-9-3-4-20(30)19-12-17(24)5-6-21(19)33-2/h5-6,8,11-13,18,20,31H,1,3-4,7,9-10,14-15H2,2H3,(H,27,32)/b26-13-/t18-,20+/m0/s1. The summed E-state index contributed by atoms with van der Waals surface area (Å²) in [6, 6.07) is 4.29. The number of amidine groups is 1. The Morgan fingerprint density at radius 3 is 2.94 bits per heavy atom. The van der Waals surface area contributed by atoms with Crippen molar-refractivity contribution < 1.29 is 19.0 Å². The minimum atomic E-state index is -0.472.